The molecule has 13 nitrogen and oxygen atoms in total. The molecule has 0 radical (unpaired) electrons. The lowest BCUT2D eigenvalue weighted by Crippen LogP contribution is -2.63. The number of benzene rings is 1. The first-order chi connectivity index (χ1) is 22.2. The summed E-state index contributed by atoms with van der Waals surface area (Å²) < 4.78 is 22.1. The molecule has 4 amide bonds. The SMILES string of the molecule is CCC1=C(OC(=O)N(CC)CC)N2C(=O)OC(=NCCOC)[C@]2(Cc2ccccc2)C2C1=CCC1C(=O)N(CC(=O)OC)C(=O)C12. The average Bonchev–Trinajstić information content (AvgIpc) is 3.47. The van der Waals surface area contributed by atoms with Crippen LogP contribution in [0.5, 0.6) is 0 Å². The number of imide groups is 1. The summed E-state index contributed by atoms with van der Waals surface area (Å²) >= 11 is 0. The summed E-state index contributed by atoms with van der Waals surface area (Å²) in [5, 5.41) is 0. The molecule has 0 bridgehead atoms. The van der Waals surface area contributed by atoms with E-state index in [0.717, 1.165) is 10.5 Å². The van der Waals surface area contributed by atoms with Crippen LogP contribution in [0.4, 0.5) is 9.59 Å². The normalized spacial score (nSPS) is 26.0. The number of ether oxygens (including phenoxy) is 4. The highest BCUT2D eigenvalue weighted by molar-refractivity contribution is 6.10. The van der Waals surface area contributed by atoms with Crippen molar-refractivity contribution in [3.8, 4) is 0 Å². The lowest BCUT2D eigenvalue weighted by molar-refractivity contribution is -0.151. The van der Waals surface area contributed by atoms with Crippen molar-refractivity contribution < 1.29 is 42.9 Å². The van der Waals surface area contributed by atoms with Gasteiger partial charge in [0.1, 0.15) is 12.1 Å². The summed E-state index contributed by atoms with van der Waals surface area (Å²) in [4.78, 5) is 76.3. The van der Waals surface area contributed by atoms with Gasteiger partial charge < -0.3 is 23.8 Å². The number of nitrogens with zero attached hydrogens (tertiary/aromatic N) is 4. The molecule has 2 fully saturated rings. The lowest BCUT2D eigenvalue weighted by atomic mass is 9.59. The summed E-state index contributed by atoms with van der Waals surface area (Å²) in [6.07, 6.45) is 1.12. The highest BCUT2D eigenvalue weighted by atomic mass is 16.6. The molecule has 0 N–H and O–H groups in total. The van der Waals surface area contributed by atoms with Crippen LogP contribution < -0.4 is 0 Å². The van der Waals surface area contributed by atoms with Crippen LogP contribution in [-0.4, -0.2) is 103 Å². The third-order valence-electron chi connectivity index (χ3n) is 9.26. The van der Waals surface area contributed by atoms with E-state index in [1.807, 2.05) is 57.2 Å². The number of methoxy groups -OCH3 is 2. The molecule has 246 valence electrons. The van der Waals surface area contributed by atoms with E-state index in [1.54, 1.807) is 0 Å². The van der Waals surface area contributed by atoms with Crippen LogP contribution in [0.15, 0.2) is 58.4 Å². The number of amides is 4. The van der Waals surface area contributed by atoms with Crippen LogP contribution >= 0.6 is 0 Å². The van der Waals surface area contributed by atoms with Crippen molar-refractivity contribution in [1.82, 2.24) is 14.7 Å². The highest BCUT2D eigenvalue weighted by Gasteiger charge is 2.70. The number of hydrogen-bond acceptors (Lipinski definition) is 10. The van der Waals surface area contributed by atoms with Crippen molar-refractivity contribution in [2.24, 2.45) is 22.7 Å². The Bertz CT molecular complexity index is 1500. The number of carbonyl (C=O) groups is 5. The number of fused-ring (bicyclic) bond motifs is 5. The molecule has 3 heterocycles. The molecule has 0 spiro atoms. The number of hydrogen-bond donors (Lipinski definition) is 0. The van der Waals surface area contributed by atoms with Gasteiger partial charge in [0.15, 0.2) is 0 Å². The first-order valence-electron chi connectivity index (χ1n) is 15.6. The van der Waals surface area contributed by atoms with Crippen molar-refractivity contribution in [3.05, 3.63) is 59.0 Å². The van der Waals surface area contributed by atoms with Crippen LogP contribution in [0.3, 0.4) is 0 Å². The van der Waals surface area contributed by atoms with E-state index in [0.29, 0.717) is 30.7 Å². The third kappa shape index (κ3) is 5.36. The van der Waals surface area contributed by atoms with Gasteiger partial charge in [0.05, 0.1) is 32.1 Å². The zero-order valence-corrected chi connectivity index (χ0v) is 26.8. The predicted molar refractivity (Wildman–Crippen MR) is 164 cm³/mol. The van der Waals surface area contributed by atoms with Crippen molar-refractivity contribution in [1.29, 1.82) is 0 Å². The second-order valence-corrected chi connectivity index (χ2v) is 11.5. The third-order valence-corrected chi connectivity index (χ3v) is 9.26. The molecule has 1 aromatic rings. The van der Waals surface area contributed by atoms with Crippen LogP contribution in [0.25, 0.3) is 0 Å². The number of aliphatic imine (C=N–C) groups is 1. The van der Waals surface area contributed by atoms with Gasteiger partial charge >= 0.3 is 18.2 Å². The van der Waals surface area contributed by atoms with E-state index < -0.39 is 59.8 Å². The Balaban J connectivity index is 1.78. The maximum Gasteiger partial charge on any atom is 0.424 e. The average molecular weight is 637 g/mol. The highest BCUT2D eigenvalue weighted by Crippen LogP contribution is 2.58. The second kappa shape index (κ2) is 13.5. The van der Waals surface area contributed by atoms with Crippen molar-refractivity contribution in [2.45, 2.75) is 45.6 Å². The Morgan fingerprint density at radius 3 is 2.41 bits per heavy atom. The fourth-order valence-electron chi connectivity index (χ4n) is 7.17. The van der Waals surface area contributed by atoms with Crippen LogP contribution in [0.1, 0.15) is 39.2 Å². The second-order valence-electron chi connectivity index (χ2n) is 11.5. The number of likely N-dealkylation sites (tertiary alicyclic amines) is 1. The van der Waals surface area contributed by atoms with Crippen LogP contribution in [0, 0.1) is 17.8 Å². The molecule has 46 heavy (non-hydrogen) atoms. The van der Waals surface area contributed by atoms with Gasteiger partial charge in [0.2, 0.25) is 23.6 Å². The van der Waals surface area contributed by atoms with E-state index in [4.69, 9.17) is 23.9 Å². The summed E-state index contributed by atoms with van der Waals surface area (Å²) in [5.74, 6) is -4.29. The minimum absolute atomic E-state index is 0.0152. The summed E-state index contributed by atoms with van der Waals surface area (Å²) in [6, 6.07) is 9.35. The molecule has 0 saturated carbocycles. The first-order valence-corrected chi connectivity index (χ1v) is 15.6. The molecular formula is C33H40N4O9. The quantitative estimate of drug-likeness (QED) is 0.155. The Kier molecular flexibility index (Phi) is 9.61. The fourth-order valence-corrected chi connectivity index (χ4v) is 7.17. The van der Waals surface area contributed by atoms with Crippen LogP contribution in [0.2, 0.25) is 0 Å². The van der Waals surface area contributed by atoms with Gasteiger partial charge in [-0.1, -0.05) is 43.3 Å². The number of carbonyl (C=O) groups excluding carboxylic acids is 5. The van der Waals surface area contributed by atoms with E-state index in [2.05, 4.69) is 0 Å². The fraction of sp³-hybridized carbons (Fsp3) is 0.515. The molecule has 13 heteroatoms. The summed E-state index contributed by atoms with van der Waals surface area (Å²) in [7, 11) is 2.72. The minimum Gasteiger partial charge on any atom is -0.468 e. The van der Waals surface area contributed by atoms with Gasteiger partial charge in [-0.3, -0.25) is 24.3 Å². The van der Waals surface area contributed by atoms with E-state index in [1.165, 1.54) is 24.0 Å². The molecule has 3 aliphatic heterocycles. The van der Waals surface area contributed by atoms with Crippen molar-refractivity contribution >= 4 is 35.9 Å². The number of cyclic esters (lactones) is 1. The number of esters is 1. The number of rotatable bonds is 11. The lowest BCUT2D eigenvalue weighted by Gasteiger charge is -2.51. The van der Waals surface area contributed by atoms with E-state index in [-0.39, 0.29) is 37.8 Å². The van der Waals surface area contributed by atoms with Gasteiger partial charge in [-0.05, 0) is 37.8 Å². The Morgan fingerprint density at radius 1 is 1.07 bits per heavy atom. The maximum absolute atomic E-state index is 14.3. The topological polar surface area (TPSA) is 144 Å². The van der Waals surface area contributed by atoms with Gasteiger partial charge in [-0.2, -0.15) is 0 Å². The summed E-state index contributed by atoms with van der Waals surface area (Å²) in [6.45, 7) is 6.14. The summed E-state index contributed by atoms with van der Waals surface area (Å²) in [5.41, 5.74) is 0.520. The van der Waals surface area contributed by atoms with Gasteiger partial charge in [-0.25, -0.2) is 14.5 Å². The zero-order valence-electron chi connectivity index (χ0n) is 26.8. The van der Waals surface area contributed by atoms with Crippen molar-refractivity contribution in [2.75, 3.05) is 47.0 Å². The Morgan fingerprint density at radius 2 is 1.78 bits per heavy atom. The zero-order chi connectivity index (χ0) is 33.2. The van der Waals surface area contributed by atoms with Gasteiger partial charge in [0, 0.05) is 38.1 Å². The molecule has 1 aliphatic carbocycles. The van der Waals surface area contributed by atoms with E-state index in [9.17, 15) is 24.0 Å². The monoisotopic (exact) mass is 636 g/mol. The Hall–Kier alpha value is -4.52. The molecule has 3 unspecified atom stereocenters. The number of allylic oxidation sites excluding steroid dienone is 2. The largest absolute Gasteiger partial charge is 0.468 e. The molecular weight excluding hydrogens is 596 g/mol. The maximum atomic E-state index is 14.3. The minimum atomic E-state index is -1.50. The Labute approximate surface area is 267 Å². The molecule has 1 aromatic carbocycles. The molecule has 5 rings (SSSR count). The standard InChI is InChI=1S/C33H40N4O9/c1-6-21-22-14-15-23-25(28(40)36(27(23)39)19-24(38)44-5)26(22)33(18-20-12-10-9-11-13-20)30(34-16-17-43-4)46-32(42)37(33)29(21)45-31(41)35(7-2)8-3/h9-14,23,25-26H,6-8,15-19H2,1-5H3/t23?,25?,26?,33-/m0/s1. The molecule has 4 aliphatic rings. The first kappa shape index (κ1) is 32.9. The van der Waals surface area contributed by atoms with Gasteiger partial charge in [-0.15, -0.1) is 0 Å². The van der Waals surface area contributed by atoms with E-state index >= 15 is 0 Å². The smallest absolute Gasteiger partial charge is 0.424 e. The van der Waals surface area contributed by atoms with Gasteiger partial charge in [0.25, 0.3) is 0 Å². The van der Waals surface area contributed by atoms with Crippen LogP contribution in [-0.2, 0) is 39.8 Å². The molecule has 0 aromatic heterocycles. The molecule has 4 atom stereocenters. The molecule has 2 saturated heterocycles. The predicted octanol–water partition coefficient (Wildman–Crippen LogP) is 3.30. The van der Waals surface area contributed by atoms with Crippen molar-refractivity contribution in [3.63, 3.8) is 0 Å².